The van der Waals surface area contributed by atoms with Crippen LogP contribution in [0.2, 0.25) is 0 Å². The molecule has 3 aromatic rings. The van der Waals surface area contributed by atoms with E-state index in [0.29, 0.717) is 28.8 Å². The zero-order valence-electron chi connectivity index (χ0n) is 16.1. The number of fused-ring (bicyclic) bond motifs is 1. The Morgan fingerprint density at radius 3 is 2.61 bits per heavy atom. The van der Waals surface area contributed by atoms with Crippen LogP contribution in [0.4, 0.5) is 5.69 Å². The third kappa shape index (κ3) is 3.55. The monoisotopic (exact) mass is 380 g/mol. The predicted molar refractivity (Wildman–Crippen MR) is 108 cm³/mol. The summed E-state index contributed by atoms with van der Waals surface area (Å²) in [6.07, 6.45) is 3.73. The van der Waals surface area contributed by atoms with E-state index in [2.05, 4.69) is 10.6 Å². The van der Waals surface area contributed by atoms with Crippen LogP contribution in [0.25, 0.3) is 11.0 Å². The van der Waals surface area contributed by atoms with Crippen molar-refractivity contribution < 1.29 is 18.7 Å². The van der Waals surface area contributed by atoms with Gasteiger partial charge in [-0.3, -0.25) is 4.79 Å². The first kappa shape index (κ1) is 18.4. The van der Waals surface area contributed by atoms with E-state index in [9.17, 15) is 4.79 Å². The molecule has 0 bridgehead atoms. The van der Waals surface area contributed by atoms with Gasteiger partial charge in [0.1, 0.15) is 5.75 Å². The second-order valence-electron chi connectivity index (χ2n) is 6.94. The number of carbonyl (C=O) groups is 1. The highest BCUT2D eigenvalue weighted by atomic mass is 16.5. The smallest absolute Gasteiger partial charge is 0.291 e. The molecule has 0 radical (unpaired) electrons. The maximum atomic E-state index is 12.8. The topological polar surface area (TPSA) is 72.7 Å². The molecule has 2 N–H and O–H groups in total. The van der Waals surface area contributed by atoms with Crippen molar-refractivity contribution >= 4 is 22.6 Å². The van der Waals surface area contributed by atoms with Crippen LogP contribution in [0.3, 0.4) is 0 Å². The van der Waals surface area contributed by atoms with Crippen LogP contribution >= 0.6 is 0 Å². The largest absolute Gasteiger partial charge is 0.495 e. The molecule has 1 amide bonds. The van der Waals surface area contributed by atoms with Crippen molar-refractivity contribution in [2.75, 3.05) is 19.5 Å². The van der Waals surface area contributed by atoms with Gasteiger partial charge in [0.15, 0.2) is 17.1 Å². The number of hydrogen-bond acceptors (Lipinski definition) is 5. The Bertz CT molecular complexity index is 991. The molecule has 1 aliphatic carbocycles. The molecular formula is C22H24N2O4. The molecule has 0 spiro atoms. The molecule has 6 heteroatoms. The van der Waals surface area contributed by atoms with Crippen molar-refractivity contribution in [2.24, 2.45) is 0 Å². The van der Waals surface area contributed by atoms with Gasteiger partial charge < -0.3 is 24.5 Å². The summed E-state index contributed by atoms with van der Waals surface area (Å²) in [4.78, 5) is 12.8. The van der Waals surface area contributed by atoms with E-state index in [4.69, 9.17) is 13.9 Å². The zero-order valence-corrected chi connectivity index (χ0v) is 16.1. The minimum atomic E-state index is -0.333. The second-order valence-corrected chi connectivity index (χ2v) is 6.94. The fourth-order valence-electron chi connectivity index (χ4n) is 3.38. The number of para-hydroxylation sites is 2. The third-order valence-corrected chi connectivity index (χ3v) is 5.22. The van der Waals surface area contributed by atoms with Gasteiger partial charge in [-0.2, -0.15) is 0 Å². The maximum absolute atomic E-state index is 12.8. The fraction of sp³-hybridized carbons (Fsp3) is 0.318. The van der Waals surface area contributed by atoms with Crippen LogP contribution in [-0.4, -0.2) is 26.2 Å². The number of furan rings is 1. The van der Waals surface area contributed by atoms with E-state index in [0.717, 1.165) is 17.5 Å². The molecule has 1 saturated carbocycles. The first-order valence-electron chi connectivity index (χ1n) is 9.46. The number of amides is 1. The normalized spacial score (nSPS) is 13.9. The van der Waals surface area contributed by atoms with E-state index in [-0.39, 0.29) is 11.7 Å². The molecule has 4 rings (SSSR count). The Kier molecular flexibility index (Phi) is 5.21. The average molecular weight is 380 g/mol. The molecule has 0 atom stereocenters. The summed E-state index contributed by atoms with van der Waals surface area (Å²) in [5, 5.41) is 7.29. The van der Waals surface area contributed by atoms with Gasteiger partial charge in [0.25, 0.3) is 5.91 Å². The van der Waals surface area contributed by atoms with Gasteiger partial charge in [-0.1, -0.05) is 24.6 Å². The molecule has 6 nitrogen and oxygen atoms in total. The van der Waals surface area contributed by atoms with E-state index >= 15 is 0 Å². The van der Waals surface area contributed by atoms with Crippen LogP contribution < -0.4 is 20.1 Å². The van der Waals surface area contributed by atoms with Gasteiger partial charge >= 0.3 is 0 Å². The lowest BCUT2D eigenvalue weighted by Crippen LogP contribution is -2.34. The molecule has 0 aliphatic heterocycles. The van der Waals surface area contributed by atoms with Gasteiger partial charge in [0, 0.05) is 18.0 Å². The average Bonchev–Trinajstić information content (AvgIpc) is 3.13. The Balaban J connectivity index is 1.62. The second kappa shape index (κ2) is 7.94. The highest BCUT2D eigenvalue weighted by molar-refractivity contribution is 6.06. The standard InChI is InChI=1S/C22H24N2O4/c1-26-18-9-4-3-8-17(18)24-22(25)20-12-16-14(13-23-15-6-5-7-15)10-11-19(27-2)21(16)28-20/h3-4,8-12,15,23H,5-7,13H2,1-2H3,(H,24,25). The molecule has 2 aromatic carbocycles. The van der Waals surface area contributed by atoms with Crippen LogP contribution in [0.5, 0.6) is 11.5 Å². The number of nitrogens with one attached hydrogen (secondary N) is 2. The van der Waals surface area contributed by atoms with E-state index < -0.39 is 0 Å². The molecule has 28 heavy (non-hydrogen) atoms. The summed E-state index contributed by atoms with van der Waals surface area (Å²) < 4.78 is 16.6. The highest BCUT2D eigenvalue weighted by Gasteiger charge is 2.20. The van der Waals surface area contributed by atoms with Gasteiger partial charge in [-0.15, -0.1) is 0 Å². The highest BCUT2D eigenvalue weighted by Crippen LogP contribution is 2.33. The lowest BCUT2D eigenvalue weighted by Gasteiger charge is -2.26. The summed E-state index contributed by atoms with van der Waals surface area (Å²) in [6, 6.07) is 13.5. The van der Waals surface area contributed by atoms with E-state index in [1.807, 2.05) is 24.3 Å². The minimum absolute atomic E-state index is 0.232. The lowest BCUT2D eigenvalue weighted by atomic mass is 9.93. The van der Waals surface area contributed by atoms with Gasteiger partial charge in [0.2, 0.25) is 0 Å². The SMILES string of the molecule is COc1ccccc1NC(=O)c1cc2c(CNC3CCC3)ccc(OC)c2o1. The molecule has 0 saturated heterocycles. The maximum Gasteiger partial charge on any atom is 0.291 e. The predicted octanol–water partition coefficient (Wildman–Crippen LogP) is 4.34. The summed E-state index contributed by atoms with van der Waals surface area (Å²) in [5.41, 5.74) is 2.26. The Hall–Kier alpha value is -2.99. The van der Waals surface area contributed by atoms with Gasteiger partial charge in [0.05, 0.1) is 19.9 Å². The van der Waals surface area contributed by atoms with Crippen molar-refractivity contribution in [1.82, 2.24) is 5.32 Å². The fourth-order valence-corrected chi connectivity index (χ4v) is 3.38. The first-order valence-corrected chi connectivity index (χ1v) is 9.46. The van der Waals surface area contributed by atoms with Gasteiger partial charge in [-0.05, 0) is 42.7 Å². The lowest BCUT2D eigenvalue weighted by molar-refractivity contribution is 0.0998. The van der Waals surface area contributed by atoms with Crippen LogP contribution in [0.15, 0.2) is 46.9 Å². The summed E-state index contributed by atoms with van der Waals surface area (Å²) in [7, 11) is 3.16. The Morgan fingerprint density at radius 1 is 1.11 bits per heavy atom. The molecule has 1 heterocycles. The van der Waals surface area contributed by atoms with Crippen molar-refractivity contribution in [3.8, 4) is 11.5 Å². The van der Waals surface area contributed by atoms with Crippen molar-refractivity contribution in [3.05, 3.63) is 53.8 Å². The van der Waals surface area contributed by atoms with Crippen LogP contribution in [0.1, 0.15) is 35.4 Å². The molecule has 1 fully saturated rings. The first-order chi connectivity index (χ1) is 13.7. The number of rotatable bonds is 7. The molecular weight excluding hydrogens is 356 g/mol. The number of hydrogen-bond donors (Lipinski definition) is 2. The molecule has 146 valence electrons. The van der Waals surface area contributed by atoms with Crippen LogP contribution in [0, 0.1) is 0 Å². The summed E-state index contributed by atoms with van der Waals surface area (Å²) in [6.45, 7) is 0.734. The van der Waals surface area contributed by atoms with Crippen molar-refractivity contribution in [2.45, 2.75) is 31.8 Å². The minimum Gasteiger partial charge on any atom is -0.495 e. The molecule has 1 aromatic heterocycles. The zero-order chi connectivity index (χ0) is 19.5. The quantitative estimate of drug-likeness (QED) is 0.638. The number of anilines is 1. The van der Waals surface area contributed by atoms with Crippen molar-refractivity contribution in [1.29, 1.82) is 0 Å². The summed E-state index contributed by atoms with van der Waals surface area (Å²) >= 11 is 0. The number of ether oxygens (including phenoxy) is 2. The number of benzene rings is 2. The number of methoxy groups -OCH3 is 2. The van der Waals surface area contributed by atoms with Crippen molar-refractivity contribution in [3.63, 3.8) is 0 Å². The van der Waals surface area contributed by atoms with E-state index in [1.54, 1.807) is 32.4 Å². The van der Waals surface area contributed by atoms with Gasteiger partial charge in [-0.25, -0.2) is 0 Å². The van der Waals surface area contributed by atoms with E-state index in [1.165, 1.54) is 19.3 Å². The molecule has 1 aliphatic rings. The number of carbonyl (C=O) groups excluding carboxylic acids is 1. The summed E-state index contributed by atoms with van der Waals surface area (Å²) in [5.74, 6) is 1.10. The Morgan fingerprint density at radius 2 is 1.89 bits per heavy atom. The third-order valence-electron chi connectivity index (χ3n) is 5.22. The van der Waals surface area contributed by atoms with Crippen LogP contribution in [-0.2, 0) is 6.54 Å². The Labute approximate surface area is 163 Å². The molecule has 0 unspecified atom stereocenters.